The third-order valence-corrected chi connectivity index (χ3v) is 8.04. The minimum atomic E-state index is 0.189. The molecule has 9 nitrogen and oxygen atoms in total. The molecule has 1 aliphatic heterocycles. The molecule has 1 saturated heterocycles. The number of nitrogens with one attached hydrogen (secondary N) is 1. The Kier molecular flexibility index (Phi) is 6.04. The number of hydrogen-bond acceptors (Lipinski definition) is 7. The Bertz CT molecular complexity index is 1400. The van der Waals surface area contributed by atoms with Crippen LogP contribution < -0.4 is 4.90 Å². The Balaban J connectivity index is 1.49. The molecule has 5 rings (SSSR count). The van der Waals surface area contributed by atoms with Crippen LogP contribution in [0.1, 0.15) is 43.4 Å². The lowest BCUT2D eigenvalue weighted by Crippen LogP contribution is -2.55. The number of aryl methyl sites for hydroxylation is 1. The zero-order valence-corrected chi connectivity index (χ0v) is 22.4. The van der Waals surface area contributed by atoms with Crippen LogP contribution in [0.5, 0.6) is 0 Å². The second-order valence-electron chi connectivity index (χ2n) is 10.2. The summed E-state index contributed by atoms with van der Waals surface area (Å²) in [7, 11) is 3.87. The number of carbonyl (C=O) groups is 1. The SMILES string of the molecule is Cc1c(-c2[nH]c3sc(N4CCN(C(=O)CN(C)C)C[C@H]4C)nc3c2C(C)C)cn2ncnc2c1C. The zero-order valence-electron chi connectivity index (χ0n) is 21.6. The highest BCUT2D eigenvalue weighted by atomic mass is 32.1. The van der Waals surface area contributed by atoms with Crippen LogP contribution >= 0.6 is 11.3 Å². The first kappa shape index (κ1) is 23.7. The molecule has 0 aliphatic carbocycles. The van der Waals surface area contributed by atoms with Crippen molar-refractivity contribution in [3.63, 3.8) is 0 Å². The van der Waals surface area contributed by atoms with Crippen LogP contribution in [0, 0.1) is 13.8 Å². The molecular weight excluding hydrogens is 460 g/mol. The Morgan fingerprint density at radius 1 is 1.26 bits per heavy atom. The first-order valence-electron chi connectivity index (χ1n) is 12.2. The lowest BCUT2D eigenvalue weighted by Gasteiger charge is -2.40. The molecule has 35 heavy (non-hydrogen) atoms. The summed E-state index contributed by atoms with van der Waals surface area (Å²) in [6.07, 6.45) is 3.67. The van der Waals surface area contributed by atoms with Crippen LogP contribution in [0.3, 0.4) is 0 Å². The summed E-state index contributed by atoms with van der Waals surface area (Å²) in [5, 5.41) is 5.40. The average Bonchev–Trinajstić information content (AvgIpc) is 3.49. The van der Waals surface area contributed by atoms with E-state index in [0.29, 0.717) is 12.5 Å². The van der Waals surface area contributed by atoms with E-state index in [1.54, 1.807) is 17.7 Å². The number of aromatic nitrogens is 5. The van der Waals surface area contributed by atoms with Gasteiger partial charge in [-0.1, -0.05) is 25.2 Å². The maximum absolute atomic E-state index is 12.5. The summed E-state index contributed by atoms with van der Waals surface area (Å²) in [5.41, 5.74) is 7.76. The molecule has 1 fully saturated rings. The topological polar surface area (TPSA) is 85.7 Å². The lowest BCUT2D eigenvalue weighted by atomic mass is 9.96. The highest BCUT2D eigenvalue weighted by molar-refractivity contribution is 7.21. The predicted molar refractivity (Wildman–Crippen MR) is 141 cm³/mol. The summed E-state index contributed by atoms with van der Waals surface area (Å²) in [5.74, 6) is 0.493. The average molecular weight is 495 g/mol. The second kappa shape index (κ2) is 8.91. The molecule has 0 radical (unpaired) electrons. The van der Waals surface area contributed by atoms with Crippen molar-refractivity contribution in [2.75, 3.05) is 45.2 Å². The number of anilines is 1. The van der Waals surface area contributed by atoms with Crippen molar-refractivity contribution < 1.29 is 4.79 Å². The molecule has 0 saturated carbocycles. The fraction of sp³-hybridized carbons (Fsp3) is 0.520. The van der Waals surface area contributed by atoms with Crippen LogP contribution in [0.4, 0.5) is 5.13 Å². The number of hydrogen-bond donors (Lipinski definition) is 1. The van der Waals surface area contributed by atoms with Crippen molar-refractivity contribution in [2.45, 2.75) is 46.6 Å². The molecule has 0 aromatic carbocycles. The fourth-order valence-electron chi connectivity index (χ4n) is 5.07. The highest BCUT2D eigenvalue weighted by Crippen LogP contribution is 2.41. The predicted octanol–water partition coefficient (Wildman–Crippen LogP) is 3.67. The van der Waals surface area contributed by atoms with Gasteiger partial charge in [-0.2, -0.15) is 5.10 Å². The van der Waals surface area contributed by atoms with Crippen molar-refractivity contribution in [3.05, 3.63) is 29.2 Å². The van der Waals surface area contributed by atoms with Gasteiger partial charge in [-0.25, -0.2) is 14.5 Å². The molecule has 5 heterocycles. The number of fused-ring (bicyclic) bond motifs is 2. The number of piperazine rings is 1. The normalized spacial score (nSPS) is 17.0. The van der Waals surface area contributed by atoms with Gasteiger partial charge in [0.1, 0.15) is 16.7 Å². The zero-order chi connectivity index (χ0) is 25.0. The summed E-state index contributed by atoms with van der Waals surface area (Å²) in [4.78, 5) is 33.1. The molecule has 1 N–H and O–H groups in total. The van der Waals surface area contributed by atoms with Gasteiger partial charge >= 0.3 is 0 Å². The lowest BCUT2D eigenvalue weighted by molar-refractivity contribution is -0.132. The summed E-state index contributed by atoms with van der Waals surface area (Å²) in [6, 6.07) is 0.215. The maximum atomic E-state index is 12.5. The molecule has 4 aromatic rings. The third-order valence-electron chi connectivity index (χ3n) is 7.03. The molecule has 1 amide bonds. The quantitative estimate of drug-likeness (QED) is 0.456. The number of aromatic amines is 1. The number of pyridine rings is 1. The third kappa shape index (κ3) is 4.08. The van der Waals surface area contributed by atoms with Gasteiger partial charge in [-0.05, 0) is 51.9 Å². The molecule has 0 bridgehead atoms. The van der Waals surface area contributed by atoms with Gasteiger partial charge in [0.25, 0.3) is 0 Å². The first-order valence-corrected chi connectivity index (χ1v) is 13.0. The molecule has 186 valence electrons. The van der Waals surface area contributed by atoms with Crippen LogP contribution in [-0.2, 0) is 4.79 Å². The molecular formula is C25H34N8OS. The molecule has 1 atom stereocenters. The van der Waals surface area contributed by atoms with E-state index in [0.717, 1.165) is 57.6 Å². The van der Waals surface area contributed by atoms with E-state index in [-0.39, 0.29) is 11.9 Å². The fourth-order valence-corrected chi connectivity index (χ4v) is 6.18. The Labute approximate surface area is 209 Å². The standard InChI is InChI=1S/C25H34N8OS/c1-14(2)20-21(18-11-33-23(26-13-27-33)17(5)16(18)4)28-24-22(20)29-25(35-24)32-9-8-31(10-15(32)3)19(34)12-30(6)7/h11,13-15,28H,8-10,12H2,1-7H3/t15-/m1/s1. The molecule has 4 aromatic heterocycles. The molecule has 1 aliphatic rings. The van der Waals surface area contributed by atoms with E-state index in [9.17, 15) is 4.79 Å². The van der Waals surface area contributed by atoms with Crippen LogP contribution in [0.25, 0.3) is 27.3 Å². The first-order chi connectivity index (χ1) is 16.7. The van der Waals surface area contributed by atoms with Gasteiger partial charge in [0.15, 0.2) is 10.8 Å². The number of thiazole rings is 1. The molecule has 0 spiro atoms. The Hall–Kier alpha value is -2.98. The van der Waals surface area contributed by atoms with Crippen molar-refractivity contribution in [2.24, 2.45) is 0 Å². The van der Waals surface area contributed by atoms with E-state index in [2.05, 4.69) is 60.8 Å². The maximum Gasteiger partial charge on any atom is 0.236 e. The van der Waals surface area contributed by atoms with Crippen LogP contribution in [0.2, 0.25) is 0 Å². The monoisotopic (exact) mass is 494 g/mol. The summed E-state index contributed by atoms with van der Waals surface area (Å²) < 4.78 is 1.86. The van der Waals surface area contributed by atoms with Gasteiger partial charge < -0.3 is 19.7 Å². The number of amides is 1. The van der Waals surface area contributed by atoms with Gasteiger partial charge in [0, 0.05) is 43.0 Å². The van der Waals surface area contributed by atoms with E-state index in [4.69, 9.17) is 4.98 Å². The van der Waals surface area contributed by atoms with E-state index in [1.165, 1.54) is 11.1 Å². The smallest absolute Gasteiger partial charge is 0.236 e. The summed E-state index contributed by atoms with van der Waals surface area (Å²) in [6.45, 7) is 13.6. The highest BCUT2D eigenvalue weighted by Gasteiger charge is 2.30. The number of rotatable bonds is 5. The van der Waals surface area contributed by atoms with Gasteiger partial charge in [-0.3, -0.25) is 4.79 Å². The minimum absolute atomic E-state index is 0.189. The van der Waals surface area contributed by atoms with Crippen molar-refractivity contribution in [3.8, 4) is 11.3 Å². The number of H-pyrrole nitrogens is 1. The van der Waals surface area contributed by atoms with Crippen molar-refractivity contribution >= 4 is 38.4 Å². The Morgan fingerprint density at radius 2 is 2.03 bits per heavy atom. The van der Waals surface area contributed by atoms with Crippen LogP contribution in [-0.4, -0.2) is 86.6 Å². The molecule has 0 unspecified atom stereocenters. The van der Waals surface area contributed by atoms with E-state index in [1.807, 2.05) is 28.4 Å². The van der Waals surface area contributed by atoms with Gasteiger partial charge in [0.2, 0.25) is 5.91 Å². The minimum Gasteiger partial charge on any atom is -0.344 e. The number of carbonyl (C=O) groups excluding carboxylic acids is 1. The van der Waals surface area contributed by atoms with Crippen molar-refractivity contribution in [1.29, 1.82) is 0 Å². The van der Waals surface area contributed by atoms with E-state index < -0.39 is 0 Å². The largest absolute Gasteiger partial charge is 0.344 e. The van der Waals surface area contributed by atoms with Crippen molar-refractivity contribution in [1.82, 2.24) is 34.4 Å². The van der Waals surface area contributed by atoms with E-state index >= 15 is 0 Å². The molecule has 10 heteroatoms. The van der Waals surface area contributed by atoms with Crippen LogP contribution in [0.15, 0.2) is 12.5 Å². The second-order valence-corrected chi connectivity index (χ2v) is 11.2. The van der Waals surface area contributed by atoms with Gasteiger partial charge in [0.05, 0.1) is 12.2 Å². The summed E-state index contributed by atoms with van der Waals surface area (Å²) >= 11 is 1.70. The number of likely N-dealkylation sites (N-methyl/N-ethyl adjacent to an activating group) is 1. The van der Waals surface area contributed by atoms with Gasteiger partial charge in [-0.15, -0.1) is 0 Å². The number of nitrogens with zero attached hydrogens (tertiary/aromatic N) is 7. The Morgan fingerprint density at radius 3 is 2.71 bits per heavy atom.